The molecule has 2 aromatic heterocycles. The third kappa shape index (κ3) is 3.68. The zero-order valence-electron chi connectivity index (χ0n) is 20.0. The Hall–Kier alpha value is -3.97. The molecule has 0 saturated carbocycles. The topological polar surface area (TPSA) is 95.1 Å². The van der Waals surface area contributed by atoms with E-state index in [0.29, 0.717) is 17.9 Å². The molecule has 4 aromatic rings. The highest BCUT2D eigenvalue weighted by atomic mass is 16.5. The van der Waals surface area contributed by atoms with Crippen LogP contribution in [0, 0.1) is 20.8 Å². The molecular formula is C28H27N5O2. The first-order valence-corrected chi connectivity index (χ1v) is 11.8. The summed E-state index contributed by atoms with van der Waals surface area (Å²) in [6.45, 7) is 7.07. The van der Waals surface area contributed by atoms with Crippen molar-refractivity contribution in [3.8, 4) is 0 Å². The maximum atomic E-state index is 13.0. The Bertz CT molecular complexity index is 1470. The predicted molar refractivity (Wildman–Crippen MR) is 133 cm³/mol. The first-order valence-electron chi connectivity index (χ1n) is 11.8. The molecular weight excluding hydrogens is 438 g/mol. The van der Waals surface area contributed by atoms with Gasteiger partial charge in [-0.3, -0.25) is 9.48 Å². The van der Waals surface area contributed by atoms with E-state index in [2.05, 4.69) is 33.6 Å². The van der Waals surface area contributed by atoms with Gasteiger partial charge in [0, 0.05) is 24.0 Å². The van der Waals surface area contributed by atoms with E-state index in [1.165, 1.54) is 16.7 Å². The molecule has 2 atom stereocenters. The van der Waals surface area contributed by atoms with Gasteiger partial charge in [-0.1, -0.05) is 24.3 Å². The number of carbonyl (C=O) groups excluding carboxylic acids is 1. The normalized spacial score (nSPS) is 17.3. The van der Waals surface area contributed by atoms with Crippen molar-refractivity contribution in [1.29, 1.82) is 0 Å². The van der Waals surface area contributed by atoms with Gasteiger partial charge >= 0.3 is 0 Å². The first-order chi connectivity index (χ1) is 16.9. The number of nitrogens with one attached hydrogen (secondary N) is 1. The third-order valence-electron chi connectivity index (χ3n) is 7.01. The summed E-state index contributed by atoms with van der Waals surface area (Å²) in [6.07, 6.45) is 3.69. The molecule has 2 aliphatic rings. The van der Waals surface area contributed by atoms with E-state index in [1.807, 2.05) is 62.1 Å². The van der Waals surface area contributed by atoms with Crippen LogP contribution in [-0.2, 0) is 17.8 Å². The number of benzene rings is 2. The van der Waals surface area contributed by atoms with E-state index in [0.717, 1.165) is 40.1 Å². The van der Waals surface area contributed by atoms with Crippen molar-refractivity contribution in [1.82, 2.24) is 20.1 Å². The van der Waals surface area contributed by atoms with Crippen molar-refractivity contribution in [3.63, 3.8) is 0 Å². The number of hydrogen-bond donors (Lipinski definition) is 2. The number of fused-ring (bicyclic) bond motifs is 8. The number of nitrogen functional groups attached to an aromatic ring is 1. The summed E-state index contributed by atoms with van der Waals surface area (Å²) < 4.78 is 8.31. The second-order valence-corrected chi connectivity index (χ2v) is 9.53. The van der Waals surface area contributed by atoms with Crippen molar-refractivity contribution in [3.05, 3.63) is 111 Å². The van der Waals surface area contributed by atoms with Crippen molar-refractivity contribution in [2.75, 3.05) is 5.73 Å². The van der Waals surface area contributed by atoms with Gasteiger partial charge < -0.3 is 15.8 Å². The molecule has 0 spiro atoms. The van der Waals surface area contributed by atoms with Gasteiger partial charge in [-0.25, -0.2) is 4.98 Å². The van der Waals surface area contributed by atoms with E-state index in [4.69, 9.17) is 10.5 Å². The lowest BCUT2D eigenvalue weighted by Crippen LogP contribution is -2.24. The zero-order valence-corrected chi connectivity index (χ0v) is 20.0. The van der Waals surface area contributed by atoms with Gasteiger partial charge in [0.2, 0.25) is 0 Å². The molecule has 0 radical (unpaired) electrons. The van der Waals surface area contributed by atoms with Crippen LogP contribution < -0.4 is 11.1 Å². The Morgan fingerprint density at radius 2 is 1.77 bits per heavy atom. The van der Waals surface area contributed by atoms with E-state index < -0.39 is 0 Å². The van der Waals surface area contributed by atoms with Gasteiger partial charge in [0.05, 0.1) is 12.7 Å². The van der Waals surface area contributed by atoms with Crippen LogP contribution in [0.4, 0.5) is 5.82 Å². The van der Waals surface area contributed by atoms with Crippen LogP contribution in [0.1, 0.15) is 72.8 Å². The van der Waals surface area contributed by atoms with E-state index in [-0.39, 0.29) is 18.1 Å². The number of aryl methyl sites for hydroxylation is 3. The number of hydrogen-bond acceptors (Lipinski definition) is 5. The molecule has 7 heteroatoms. The molecule has 1 amide bonds. The van der Waals surface area contributed by atoms with Gasteiger partial charge in [-0.05, 0) is 83.5 Å². The van der Waals surface area contributed by atoms with E-state index in [9.17, 15) is 4.79 Å². The zero-order chi connectivity index (χ0) is 24.3. The molecule has 0 saturated heterocycles. The number of rotatable bonds is 5. The number of carbonyl (C=O) groups is 1. The number of anilines is 1. The van der Waals surface area contributed by atoms with Crippen molar-refractivity contribution in [2.45, 2.75) is 46.1 Å². The quantitative estimate of drug-likeness (QED) is 0.459. The number of ether oxygens (including phenoxy) is 1. The minimum absolute atomic E-state index is 0.0902. The lowest BCUT2D eigenvalue weighted by atomic mass is 9.84. The average molecular weight is 466 g/mol. The highest BCUT2D eigenvalue weighted by Gasteiger charge is 2.43. The van der Waals surface area contributed by atoms with Crippen molar-refractivity contribution >= 4 is 11.7 Å². The van der Waals surface area contributed by atoms with Crippen LogP contribution >= 0.6 is 0 Å². The fourth-order valence-electron chi connectivity index (χ4n) is 5.30. The third-order valence-corrected chi connectivity index (χ3v) is 7.01. The highest BCUT2D eigenvalue weighted by Crippen LogP contribution is 2.54. The molecule has 7 nitrogen and oxygen atoms in total. The molecule has 3 N–H and O–H groups in total. The van der Waals surface area contributed by atoms with E-state index >= 15 is 0 Å². The summed E-state index contributed by atoms with van der Waals surface area (Å²) in [7, 11) is 0. The van der Waals surface area contributed by atoms with Gasteiger partial charge in [0.25, 0.3) is 5.91 Å². The molecule has 4 heterocycles. The Balaban J connectivity index is 1.21. The number of nitrogens with two attached hydrogens (primary N) is 1. The number of nitrogens with zero attached hydrogens (tertiary/aromatic N) is 3. The Morgan fingerprint density at radius 1 is 1.03 bits per heavy atom. The molecule has 176 valence electrons. The fraction of sp³-hybridized carbons (Fsp3) is 0.250. The summed E-state index contributed by atoms with van der Waals surface area (Å²) in [5, 5.41) is 7.44. The minimum atomic E-state index is -0.135. The molecule has 2 aromatic carbocycles. The molecule has 6 rings (SSSR count). The lowest BCUT2D eigenvalue weighted by molar-refractivity contribution is 0.0857. The predicted octanol–water partition coefficient (Wildman–Crippen LogP) is 4.29. The number of amides is 1. The smallest absolute Gasteiger partial charge is 0.251 e. The summed E-state index contributed by atoms with van der Waals surface area (Å²) in [5.74, 6) is 0.379. The fourth-order valence-corrected chi connectivity index (χ4v) is 5.30. The first kappa shape index (κ1) is 21.6. The summed E-state index contributed by atoms with van der Waals surface area (Å²) in [5.41, 5.74) is 16.3. The standard InChI is InChI=1S/C28H27N5O2/c1-15-11-31-33(13-15)14-18-4-6-20-22(9-18)26-21-7-5-19(10-23(21)27(20)35-26)28(34)30-12-24-16(2)8-25(29)32-17(24)3/h4-11,13,26-27H,12,14H2,1-3H3,(H2,29,32)(H,30,34). The van der Waals surface area contributed by atoms with Crippen molar-refractivity contribution < 1.29 is 9.53 Å². The van der Waals surface area contributed by atoms with Crippen LogP contribution in [-0.4, -0.2) is 20.7 Å². The van der Waals surface area contributed by atoms with Crippen LogP contribution in [0.25, 0.3) is 0 Å². The Kier molecular flexibility index (Phi) is 4.96. The summed E-state index contributed by atoms with van der Waals surface area (Å²) >= 11 is 0. The average Bonchev–Trinajstić information content (AvgIpc) is 3.51. The molecule has 2 bridgehead atoms. The molecule has 35 heavy (non-hydrogen) atoms. The molecule has 0 fully saturated rings. The summed E-state index contributed by atoms with van der Waals surface area (Å²) in [6, 6.07) is 14.2. The van der Waals surface area contributed by atoms with Gasteiger partial charge in [0.1, 0.15) is 18.0 Å². The Morgan fingerprint density at radius 3 is 2.49 bits per heavy atom. The Labute approximate surface area is 204 Å². The van der Waals surface area contributed by atoms with Crippen LogP contribution in [0.15, 0.2) is 54.9 Å². The molecule has 0 aliphatic carbocycles. The number of pyridine rings is 1. The maximum Gasteiger partial charge on any atom is 0.251 e. The molecule has 2 unspecified atom stereocenters. The van der Waals surface area contributed by atoms with Crippen LogP contribution in [0.3, 0.4) is 0 Å². The van der Waals surface area contributed by atoms with E-state index in [1.54, 1.807) is 0 Å². The van der Waals surface area contributed by atoms with Gasteiger partial charge in [0.15, 0.2) is 0 Å². The maximum absolute atomic E-state index is 13.0. The van der Waals surface area contributed by atoms with Gasteiger partial charge in [-0.15, -0.1) is 0 Å². The summed E-state index contributed by atoms with van der Waals surface area (Å²) in [4.78, 5) is 17.3. The van der Waals surface area contributed by atoms with Gasteiger partial charge in [-0.2, -0.15) is 5.10 Å². The molecule has 2 aliphatic heterocycles. The monoisotopic (exact) mass is 465 g/mol. The largest absolute Gasteiger partial charge is 0.384 e. The lowest BCUT2D eigenvalue weighted by Gasteiger charge is -2.18. The second-order valence-electron chi connectivity index (χ2n) is 9.53. The van der Waals surface area contributed by atoms with Crippen molar-refractivity contribution in [2.24, 2.45) is 0 Å². The minimum Gasteiger partial charge on any atom is -0.384 e. The SMILES string of the molecule is Cc1cnn(Cc2ccc3c(c2)C2OC3c3cc(C(=O)NCc4c(C)cc(N)nc4C)ccc32)c1. The highest BCUT2D eigenvalue weighted by molar-refractivity contribution is 5.94. The number of aromatic nitrogens is 3. The second kappa shape index (κ2) is 8.06. The van der Waals surface area contributed by atoms with Crippen LogP contribution in [0.5, 0.6) is 0 Å². The van der Waals surface area contributed by atoms with Crippen LogP contribution in [0.2, 0.25) is 0 Å².